The lowest BCUT2D eigenvalue weighted by atomic mass is 10.2. The van der Waals surface area contributed by atoms with Crippen LogP contribution in [0.1, 0.15) is 10.4 Å². The van der Waals surface area contributed by atoms with E-state index in [2.05, 4.69) is 25.9 Å². The number of hydrogen-bond acceptors (Lipinski definition) is 2. The summed E-state index contributed by atoms with van der Waals surface area (Å²) >= 11 is 3.34. The molecule has 0 aliphatic rings. The van der Waals surface area contributed by atoms with Crippen LogP contribution in [0.4, 0.5) is 0 Å². The predicted molar refractivity (Wildman–Crippen MR) is 71.1 cm³/mol. The highest BCUT2D eigenvalue weighted by Gasteiger charge is 2.14. The third-order valence-corrected chi connectivity index (χ3v) is 3.32. The zero-order chi connectivity index (χ0) is 12.9. The molecule has 0 aliphatic carbocycles. The first-order chi connectivity index (χ1) is 8.58. The third kappa shape index (κ3) is 1.46. The lowest BCUT2D eigenvalue weighted by molar-refractivity contribution is 0.0695. The van der Waals surface area contributed by atoms with Gasteiger partial charge in [0.15, 0.2) is 0 Å². The molecular formula is C12H7BrN2O3. The molecule has 0 fully saturated rings. The van der Waals surface area contributed by atoms with Gasteiger partial charge >= 0.3 is 5.97 Å². The van der Waals surface area contributed by atoms with Gasteiger partial charge < -0.3 is 15.1 Å². The molecule has 5 nitrogen and oxygen atoms in total. The van der Waals surface area contributed by atoms with Crippen molar-refractivity contribution in [1.82, 2.24) is 9.97 Å². The molecule has 2 heterocycles. The molecule has 3 N–H and O–H groups in total. The van der Waals surface area contributed by atoms with Crippen molar-refractivity contribution in [3.05, 3.63) is 44.7 Å². The van der Waals surface area contributed by atoms with E-state index in [9.17, 15) is 9.59 Å². The highest BCUT2D eigenvalue weighted by atomic mass is 79.9. The van der Waals surface area contributed by atoms with Crippen molar-refractivity contribution < 1.29 is 9.90 Å². The Labute approximate surface area is 109 Å². The highest BCUT2D eigenvalue weighted by Crippen LogP contribution is 2.24. The standard InChI is InChI=1S/C12H7BrN2O3/c13-5-1-2-6-8(3-5)15-10-9(6)14-4-7(11(10)16)12(17)18/h1-4,15H,(H,14,16)(H,17,18). The molecule has 0 amide bonds. The van der Waals surface area contributed by atoms with E-state index >= 15 is 0 Å². The lowest BCUT2D eigenvalue weighted by Gasteiger charge is -1.94. The van der Waals surface area contributed by atoms with Crippen molar-refractivity contribution in [1.29, 1.82) is 0 Å². The van der Waals surface area contributed by atoms with E-state index < -0.39 is 11.4 Å². The van der Waals surface area contributed by atoms with Crippen LogP contribution in [0.3, 0.4) is 0 Å². The van der Waals surface area contributed by atoms with E-state index in [1.165, 1.54) is 6.20 Å². The summed E-state index contributed by atoms with van der Waals surface area (Å²) in [6.45, 7) is 0. The number of aromatic nitrogens is 2. The van der Waals surface area contributed by atoms with Gasteiger partial charge in [-0.25, -0.2) is 4.79 Å². The largest absolute Gasteiger partial charge is 0.477 e. The van der Waals surface area contributed by atoms with Gasteiger partial charge in [0.05, 0.1) is 5.52 Å². The van der Waals surface area contributed by atoms with Crippen molar-refractivity contribution in [2.45, 2.75) is 0 Å². The first-order valence-corrected chi connectivity index (χ1v) is 5.93. The monoisotopic (exact) mass is 306 g/mol. The summed E-state index contributed by atoms with van der Waals surface area (Å²) in [5.41, 5.74) is 0.891. The number of H-pyrrole nitrogens is 2. The molecule has 0 spiro atoms. The number of benzene rings is 1. The number of pyridine rings is 1. The zero-order valence-electron chi connectivity index (χ0n) is 8.95. The number of halogens is 1. The molecule has 6 heteroatoms. The maximum Gasteiger partial charge on any atom is 0.341 e. The maximum atomic E-state index is 12.0. The Bertz CT molecular complexity index is 848. The lowest BCUT2D eigenvalue weighted by Crippen LogP contribution is -2.15. The van der Waals surface area contributed by atoms with Crippen molar-refractivity contribution in [2.24, 2.45) is 0 Å². The quantitative estimate of drug-likeness (QED) is 0.645. The second-order valence-corrected chi connectivity index (χ2v) is 4.82. The van der Waals surface area contributed by atoms with Gasteiger partial charge in [-0.05, 0) is 18.2 Å². The summed E-state index contributed by atoms with van der Waals surface area (Å²) in [7, 11) is 0. The van der Waals surface area contributed by atoms with Crippen LogP contribution in [0.15, 0.2) is 33.7 Å². The minimum Gasteiger partial charge on any atom is -0.477 e. The Hall–Kier alpha value is -2.08. The summed E-state index contributed by atoms with van der Waals surface area (Å²) < 4.78 is 0.882. The molecule has 0 aliphatic heterocycles. The molecule has 3 rings (SSSR count). The predicted octanol–water partition coefficient (Wildman–Crippen LogP) is 2.47. The summed E-state index contributed by atoms with van der Waals surface area (Å²) in [4.78, 5) is 28.7. The van der Waals surface area contributed by atoms with Crippen LogP contribution >= 0.6 is 15.9 Å². The van der Waals surface area contributed by atoms with E-state index in [1.54, 1.807) is 0 Å². The molecule has 0 saturated heterocycles. The molecule has 1 aromatic carbocycles. The van der Waals surface area contributed by atoms with Crippen molar-refractivity contribution in [3.63, 3.8) is 0 Å². The minimum absolute atomic E-state index is 0.270. The number of fused-ring (bicyclic) bond motifs is 3. The number of rotatable bonds is 1. The third-order valence-electron chi connectivity index (χ3n) is 2.82. The summed E-state index contributed by atoms with van der Waals surface area (Å²) in [5, 5.41) is 9.75. The zero-order valence-corrected chi connectivity index (χ0v) is 10.5. The van der Waals surface area contributed by atoms with Crippen molar-refractivity contribution in [3.8, 4) is 0 Å². The minimum atomic E-state index is -1.24. The van der Waals surface area contributed by atoms with Crippen molar-refractivity contribution >= 4 is 43.8 Å². The number of hydrogen-bond donors (Lipinski definition) is 3. The number of aromatic carboxylic acids is 1. The Morgan fingerprint density at radius 2 is 2.06 bits per heavy atom. The summed E-state index contributed by atoms with van der Waals surface area (Å²) in [6.07, 6.45) is 1.22. The maximum absolute atomic E-state index is 12.0. The number of carboxylic acids is 1. The second kappa shape index (κ2) is 3.71. The van der Waals surface area contributed by atoms with E-state index in [0.29, 0.717) is 5.52 Å². The van der Waals surface area contributed by atoms with E-state index in [4.69, 9.17) is 5.11 Å². The van der Waals surface area contributed by atoms with Gasteiger partial charge in [0, 0.05) is 21.6 Å². The van der Waals surface area contributed by atoms with E-state index in [0.717, 1.165) is 15.4 Å². The Morgan fingerprint density at radius 3 is 2.78 bits per heavy atom. The molecule has 0 saturated carbocycles. The van der Waals surface area contributed by atoms with Gasteiger partial charge in [0.1, 0.15) is 11.1 Å². The van der Waals surface area contributed by atoms with Crippen LogP contribution in [0.25, 0.3) is 21.9 Å². The second-order valence-electron chi connectivity index (χ2n) is 3.90. The van der Waals surface area contributed by atoms with Gasteiger partial charge in [0.25, 0.3) is 0 Å². The van der Waals surface area contributed by atoms with E-state index in [1.807, 2.05) is 18.2 Å². The number of aromatic amines is 2. The Kier molecular flexibility index (Phi) is 2.27. The summed E-state index contributed by atoms with van der Waals surface area (Å²) in [5.74, 6) is -1.24. The summed E-state index contributed by atoms with van der Waals surface area (Å²) in [6, 6.07) is 5.55. The van der Waals surface area contributed by atoms with Crippen molar-refractivity contribution in [2.75, 3.05) is 0 Å². The van der Waals surface area contributed by atoms with Crippen LogP contribution in [-0.4, -0.2) is 21.0 Å². The van der Waals surface area contributed by atoms with Gasteiger partial charge in [-0.2, -0.15) is 0 Å². The van der Waals surface area contributed by atoms with Crippen LogP contribution in [0.2, 0.25) is 0 Å². The average Bonchev–Trinajstić information content (AvgIpc) is 2.67. The van der Waals surface area contributed by atoms with E-state index in [-0.39, 0.29) is 11.1 Å². The average molecular weight is 307 g/mol. The Balaban J connectivity index is 2.50. The molecule has 2 aromatic heterocycles. The van der Waals surface area contributed by atoms with Gasteiger partial charge in [-0.15, -0.1) is 0 Å². The smallest absolute Gasteiger partial charge is 0.341 e. The molecule has 0 unspecified atom stereocenters. The van der Waals surface area contributed by atoms with Gasteiger partial charge in [0.2, 0.25) is 5.43 Å². The molecule has 0 bridgehead atoms. The van der Waals surface area contributed by atoms with Crippen LogP contribution < -0.4 is 5.43 Å². The Morgan fingerprint density at radius 1 is 1.28 bits per heavy atom. The first kappa shape index (κ1) is 11.0. The van der Waals surface area contributed by atoms with Gasteiger partial charge in [-0.3, -0.25) is 4.79 Å². The normalized spacial score (nSPS) is 11.2. The molecule has 3 aromatic rings. The topological polar surface area (TPSA) is 85.9 Å². The number of carbonyl (C=O) groups is 1. The fraction of sp³-hybridized carbons (Fsp3) is 0. The fourth-order valence-corrected chi connectivity index (χ4v) is 2.35. The fourth-order valence-electron chi connectivity index (χ4n) is 1.99. The first-order valence-electron chi connectivity index (χ1n) is 5.14. The van der Waals surface area contributed by atoms with Crippen LogP contribution in [0, 0.1) is 0 Å². The molecule has 18 heavy (non-hydrogen) atoms. The highest BCUT2D eigenvalue weighted by molar-refractivity contribution is 9.10. The van der Waals surface area contributed by atoms with Crippen LogP contribution in [-0.2, 0) is 0 Å². The number of carboxylic acid groups (broad SMARTS) is 1. The van der Waals surface area contributed by atoms with Gasteiger partial charge in [-0.1, -0.05) is 15.9 Å². The van der Waals surface area contributed by atoms with Crippen LogP contribution in [0.5, 0.6) is 0 Å². The molecule has 0 atom stereocenters. The molecule has 0 radical (unpaired) electrons. The molecule has 90 valence electrons. The molecular weight excluding hydrogens is 300 g/mol. The SMILES string of the molecule is O=C(O)c1c[nH]c2c([nH]c3cc(Br)ccc32)c1=O. The number of nitrogens with one attached hydrogen (secondary N) is 2.